The number of hydrogen-bond donors (Lipinski definition) is 1. The van der Waals surface area contributed by atoms with E-state index in [1.165, 1.54) is 7.11 Å². The minimum Gasteiger partial charge on any atom is -0.496 e. The maximum atomic E-state index is 14.0. The maximum absolute atomic E-state index is 14.0. The zero-order chi connectivity index (χ0) is 16.1. The van der Waals surface area contributed by atoms with Gasteiger partial charge in [-0.05, 0) is 31.6 Å². The standard InChI is InChI=1S/C16H18FNO4/c1-21-14-9-13(17)15(8-12(14)16(19)20)22-11-4-2-10(3-5-11)6-7-18/h8-11H,2-6H2,1H3,(H,19,20). The van der Waals surface area contributed by atoms with Crippen LogP contribution in [0.2, 0.25) is 0 Å². The minimum absolute atomic E-state index is 0.0323. The number of aromatic carboxylic acids is 1. The molecule has 0 unspecified atom stereocenters. The third kappa shape index (κ3) is 3.67. The van der Waals surface area contributed by atoms with Gasteiger partial charge in [0.15, 0.2) is 11.6 Å². The molecule has 6 heteroatoms. The molecule has 0 heterocycles. The molecule has 0 atom stereocenters. The largest absolute Gasteiger partial charge is 0.496 e. The van der Waals surface area contributed by atoms with Gasteiger partial charge in [0, 0.05) is 18.6 Å². The minimum atomic E-state index is -1.19. The Labute approximate surface area is 128 Å². The molecule has 118 valence electrons. The van der Waals surface area contributed by atoms with Gasteiger partial charge in [-0.3, -0.25) is 0 Å². The Morgan fingerprint density at radius 2 is 2.05 bits per heavy atom. The van der Waals surface area contributed by atoms with Crippen molar-refractivity contribution >= 4 is 5.97 Å². The summed E-state index contributed by atoms with van der Waals surface area (Å²) in [6, 6.07) is 4.36. The number of nitrogens with zero attached hydrogens (tertiary/aromatic N) is 1. The van der Waals surface area contributed by atoms with E-state index in [4.69, 9.17) is 19.8 Å². The highest BCUT2D eigenvalue weighted by atomic mass is 19.1. The summed E-state index contributed by atoms with van der Waals surface area (Å²) in [6.07, 6.45) is 3.58. The fourth-order valence-electron chi connectivity index (χ4n) is 2.72. The zero-order valence-electron chi connectivity index (χ0n) is 12.3. The predicted octanol–water partition coefficient (Wildman–Crippen LogP) is 3.38. The molecule has 1 fully saturated rings. The average Bonchev–Trinajstić information content (AvgIpc) is 2.50. The highest BCUT2D eigenvalue weighted by Crippen LogP contribution is 2.33. The van der Waals surface area contributed by atoms with Crippen LogP contribution in [0.15, 0.2) is 12.1 Å². The van der Waals surface area contributed by atoms with E-state index < -0.39 is 11.8 Å². The highest BCUT2D eigenvalue weighted by molar-refractivity contribution is 5.91. The van der Waals surface area contributed by atoms with Crippen LogP contribution >= 0.6 is 0 Å². The van der Waals surface area contributed by atoms with Gasteiger partial charge in [0.2, 0.25) is 0 Å². The van der Waals surface area contributed by atoms with E-state index in [-0.39, 0.29) is 23.2 Å². The second-order valence-electron chi connectivity index (χ2n) is 5.41. The van der Waals surface area contributed by atoms with Gasteiger partial charge in [-0.15, -0.1) is 0 Å². The van der Waals surface area contributed by atoms with Crippen molar-refractivity contribution in [2.24, 2.45) is 5.92 Å². The van der Waals surface area contributed by atoms with E-state index in [0.29, 0.717) is 12.3 Å². The molecule has 1 N–H and O–H groups in total. The van der Waals surface area contributed by atoms with Crippen LogP contribution in [0, 0.1) is 23.1 Å². The molecular weight excluding hydrogens is 289 g/mol. The summed E-state index contributed by atoms with van der Waals surface area (Å²) in [7, 11) is 1.29. The molecule has 5 nitrogen and oxygen atoms in total. The SMILES string of the molecule is COc1cc(F)c(OC2CCC(CC#N)CC2)cc1C(=O)O. The third-order valence-corrected chi connectivity index (χ3v) is 3.95. The molecule has 1 aliphatic rings. The molecule has 0 radical (unpaired) electrons. The van der Waals surface area contributed by atoms with Gasteiger partial charge in [-0.2, -0.15) is 5.26 Å². The number of carbonyl (C=O) groups is 1. The fraction of sp³-hybridized carbons (Fsp3) is 0.500. The van der Waals surface area contributed by atoms with Crippen LogP contribution < -0.4 is 9.47 Å². The second kappa shape index (κ2) is 7.12. The van der Waals surface area contributed by atoms with E-state index in [0.717, 1.165) is 37.8 Å². The van der Waals surface area contributed by atoms with Crippen LogP contribution in [0.25, 0.3) is 0 Å². The lowest BCUT2D eigenvalue weighted by Crippen LogP contribution is -2.24. The van der Waals surface area contributed by atoms with Gasteiger partial charge in [0.05, 0.1) is 19.3 Å². The molecule has 0 bridgehead atoms. The molecule has 22 heavy (non-hydrogen) atoms. The van der Waals surface area contributed by atoms with E-state index in [1.54, 1.807) is 0 Å². The summed E-state index contributed by atoms with van der Waals surface area (Å²) < 4.78 is 24.5. The number of hydrogen-bond acceptors (Lipinski definition) is 4. The molecule has 0 amide bonds. The number of methoxy groups -OCH3 is 1. The first-order valence-corrected chi connectivity index (χ1v) is 7.19. The first-order valence-electron chi connectivity index (χ1n) is 7.19. The Kier molecular flexibility index (Phi) is 5.21. The Bertz CT molecular complexity index is 589. The molecule has 0 spiro atoms. The van der Waals surface area contributed by atoms with Crippen LogP contribution in [0.3, 0.4) is 0 Å². The van der Waals surface area contributed by atoms with Gasteiger partial charge < -0.3 is 14.6 Å². The number of carboxylic acid groups (broad SMARTS) is 1. The zero-order valence-corrected chi connectivity index (χ0v) is 12.3. The second-order valence-corrected chi connectivity index (χ2v) is 5.41. The Hall–Kier alpha value is -2.29. The van der Waals surface area contributed by atoms with Gasteiger partial charge in [0.1, 0.15) is 11.3 Å². The van der Waals surface area contributed by atoms with Crippen molar-refractivity contribution < 1.29 is 23.8 Å². The highest BCUT2D eigenvalue weighted by Gasteiger charge is 2.24. The normalized spacial score (nSPS) is 21.0. The first-order chi connectivity index (χ1) is 10.5. The lowest BCUT2D eigenvalue weighted by Gasteiger charge is -2.28. The summed E-state index contributed by atoms with van der Waals surface area (Å²) in [5, 5.41) is 17.8. The number of benzene rings is 1. The van der Waals surface area contributed by atoms with Crippen molar-refractivity contribution in [2.45, 2.75) is 38.2 Å². The molecule has 1 aliphatic carbocycles. The molecule has 1 aromatic rings. The van der Waals surface area contributed by atoms with Crippen molar-refractivity contribution in [3.63, 3.8) is 0 Å². The van der Waals surface area contributed by atoms with E-state index in [2.05, 4.69) is 6.07 Å². The number of carboxylic acids is 1. The average molecular weight is 307 g/mol. The summed E-state index contributed by atoms with van der Waals surface area (Å²) in [5.41, 5.74) is -0.128. The first kappa shape index (κ1) is 16.1. The Morgan fingerprint density at radius 3 is 2.59 bits per heavy atom. The fourth-order valence-corrected chi connectivity index (χ4v) is 2.72. The van der Waals surface area contributed by atoms with Crippen molar-refractivity contribution in [3.05, 3.63) is 23.5 Å². The van der Waals surface area contributed by atoms with Gasteiger partial charge in [-0.1, -0.05) is 0 Å². The molecular formula is C16H18FNO4. The lowest BCUT2D eigenvalue weighted by molar-refractivity contribution is 0.0691. The van der Waals surface area contributed by atoms with E-state index in [1.807, 2.05) is 0 Å². The van der Waals surface area contributed by atoms with Crippen LogP contribution in [0.5, 0.6) is 11.5 Å². The Morgan fingerprint density at radius 1 is 1.36 bits per heavy atom. The van der Waals surface area contributed by atoms with Crippen LogP contribution in [-0.2, 0) is 0 Å². The third-order valence-electron chi connectivity index (χ3n) is 3.95. The van der Waals surface area contributed by atoms with Crippen molar-refractivity contribution in [1.29, 1.82) is 5.26 Å². The lowest BCUT2D eigenvalue weighted by atomic mass is 9.86. The monoisotopic (exact) mass is 307 g/mol. The van der Waals surface area contributed by atoms with Gasteiger partial charge in [0.25, 0.3) is 0 Å². The van der Waals surface area contributed by atoms with Gasteiger partial charge >= 0.3 is 5.97 Å². The van der Waals surface area contributed by atoms with E-state index >= 15 is 0 Å². The molecule has 0 aromatic heterocycles. The number of ether oxygens (including phenoxy) is 2. The molecule has 1 saturated carbocycles. The topological polar surface area (TPSA) is 79.5 Å². The summed E-state index contributed by atoms with van der Waals surface area (Å²) in [4.78, 5) is 11.2. The number of halogens is 1. The Balaban J connectivity index is 2.09. The van der Waals surface area contributed by atoms with Crippen molar-refractivity contribution in [2.75, 3.05) is 7.11 Å². The maximum Gasteiger partial charge on any atom is 0.339 e. The van der Waals surface area contributed by atoms with Crippen LogP contribution in [0.1, 0.15) is 42.5 Å². The molecule has 0 aliphatic heterocycles. The van der Waals surface area contributed by atoms with Crippen molar-refractivity contribution in [3.8, 4) is 17.6 Å². The summed E-state index contributed by atoms with van der Waals surface area (Å²) >= 11 is 0. The molecule has 0 saturated heterocycles. The van der Waals surface area contributed by atoms with Crippen LogP contribution in [0.4, 0.5) is 4.39 Å². The summed E-state index contributed by atoms with van der Waals surface area (Å²) in [5.74, 6) is -1.56. The molecule has 2 rings (SSSR count). The predicted molar refractivity (Wildman–Crippen MR) is 76.5 cm³/mol. The smallest absolute Gasteiger partial charge is 0.339 e. The quantitative estimate of drug-likeness (QED) is 0.902. The number of rotatable bonds is 5. The van der Waals surface area contributed by atoms with E-state index in [9.17, 15) is 9.18 Å². The molecule has 1 aromatic carbocycles. The summed E-state index contributed by atoms with van der Waals surface area (Å²) in [6.45, 7) is 0. The van der Waals surface area contributed by atoms with Gasteiger partial charge in [-0.25, -0.2) is 9.18 Å². The van der Waals surface area contributed by atoms with Crippen LogP contribution in [-0.4, -0.2) is 24.3 Å². The number of nitriles is 1. The van der Waals surface area contributed by atoms with Crippen molar-refractivity contribution in [1.82, 2.24) is 0 Å².